The largest absolute Gasteiger partial charge is 0.507 e. The van der Waals surface area contributed by atoms with Crippen molar-refractivity contribution >= 4 is 34.6 Å². The molecule has 11 heteroatoms. The standard InChI is InChI=1S/C40H46N2O9/c1-25-11-10-15-29(43)14-7-5-6-13-27-21-32(44)37(38(46)36(27)40(47)51-25)30(28-22-33(48-2)39(50-4)34(23-28)49-3)24-35(45)41-18-20-42-19-17-26-12-8-9-16-31(26)42/h6,8-9,12-13,16-17,19,21-23,25,30,44,46H,5,7,10-11,14-15,18,20,24H2,1-4H3,(H,41,45)/b13-6+/t25-,30?/m0/s1. The fourth-order valence-corrected chi connectivity index (χ4v) is 6.62. The van der Waals surface area contributed by atoms with Gasteiger partial charge in [-0.1, -0.05) is 30.4 Å². The fraction of sp³-hybridized carbons (Fsp3) is 0.375. The lowest BCUT2D eigenvalue weighted by Gasteiger charge is -2.24. The lowest BCUT2D eigenvalue weighted by molar-refractivity contribution is -0.121. The van der Waals surface area contributed by atoms with Crippen LogP contribution in [0.5, 0.6) is 28.7 Å². The van der Waals surface area contributed by atoms with Gasteiger partial charge in [-0.25, -0.2) is 4.79 Å². The van der Waals surface area contributed by atoms with Gasteiger partial charge in [-0.05, 0) is 79.5 Å². The van der Waals surface area contributed by atoms with Crippen LogP contribution in [0.2, 0.25) is 0 Å². The van der Waals surface area contributed by atoms with Crippen LogP contribution in [0.3, 0.4) is 0 Å². The van der Waals surface area contributed by atoms with Gasteiger partial charge in [0.25, 0.3) is 0 Å². The van der Waals surface area contributed by atoms with E-state index in [1.807, 2.05) is 36.5 Å². The third-order valence-corrected chi connectivity index (χ3v) is 9.23. The van der Waals surface area contributed by atoms with Gasteiger partial charge in [0.05, 0.1) is 27.4 Å². The molecule has 11 nitrogen and oxygen atoms in total. The van der Waals surface area contributed by atoms with E-state index in [-0.39, 0.29) is 40.6 Å². The van der Waals surface area contributed by atoms with Crippen molar-refractivity contribution in [2.24, 2.45) is 0 Å². The highest BCUT2D eigenvalue weighted by Crippen LogP contribution is 2.47. The second kappa shape index (κ2) is 17.0. The van der Waals surface area contributed by atoms with E-state index in [0.29, 0.717) is 74.4 Å². The number of hydrogen-bond acceptors (Lipinski definition) is 9. The Morgan fingerprint density at radius 3 is 2.45 bits per heavy atom. The number of phenolic OH excluding ortho intramolecular Hbond substituents is 2. The highest BCUT2D eigenvalue weighted by atomic mass is 16.5. The summed E-state index contributed by atoms with van der Waals surface area (Å²) in [5.41, 5.74) is 1.60. The molecule has 3 N–H and O–H groups in total. The average molecular weight is 699 g/mol. The van der Waals surface area contributed by atoms with E-state index in [1.165, 1.54) is 27.4 Å². The first-order chi connectivity index (χ1) is 24.6. The Labute approximate surface area is 297 Å². The highest BCUT2D eigenvalue weighted by molar-refractivity contribution is 5.98. The van der Waals surface area contributed by atoms with Gasteiger partial charge in [-0.2, -0.15) is 0 Å². The number of phenols is 2. The average Bonchev–Trinajstić information content (AvgIpc) is 3.52. The molecule has 1 amide bonds. The van der Waals surface area contributed by atoms with Crippen LogP contribution in [0, 0.1) is 0 Å². The number of amides is 1. The van der Waals surface area contributed by atoms with Crippen LogP contribution < -0.4 is 19.5 Å². The first-order valence-electron chi connectivity index (χ1n) is 17.2. The number of nitrogens with zero attached hydrogens (tertiary/aromatic N) is 1. The number of benzene rings is 3. The Morgan fingerprint density at radius 1 is 1.00 bits per heavy atom. The number of allylic oxidation sites excluding steroid dienone is 1. The number of methoxy groups -OCH3 is 3. The number of esters is 1. The molecular weight excluding hydrogens is 652 g/mol. The fourth-order valence-electron chi connectivity index (χ4n) is 6.62. The summed E-state index contributed by atoms with van der Waals surface area (Å²) in [6, 6.07) is 14.7. The monoisotopic (exact) mass is 698 g/mol. The number of cyclic esters (lactones) is 1. The molecule has 1 aliphatic rings. The number of aromatic nitrogens is 1. The van der Waals surface area contributed by atoms with E-state index in [4.69, 9.17) is 18.9 Å². The van der Waals surface area contributed by atoms with E-state index in [2.05, 4.69) is 9.88 Å². The molecule has 0 saturated carbocycles. The van der Waals surface area contributed by atoms with Gasteiger partial charge in [0.1, 0.15) is 22.8 Å². The molecule has 1 unspecified atom stereocenters. The van der Waals surface area contributed by atoms with Gasteiger partial charge in [0.15, 0.2) is 11.5 Å². The number of carbonyl (C=O) groups excluding carboxylic acids is 3. The predicted octanol–water partition coefficient (Wildman–Crippen LogP) is 6.90. The van der Waals surface area contributed by atoms with Crippen LogP contribution in [0.25, 0.3) is 17.0 Å². The van der Waals surface area contributed by atoms with Crippen molar-refractivity contribution in [2.45, 2.75) is 70.4 Å². The number of para-hydroxylation sites is 1. The summed E-state index contributed by atoms with van der Waals surface area (Å²) in [6.07, 6.45) is 7.76. The van der Waals surface area contributed by atoms with Gasteiger partial charge in [-0.3, -0.25) is 9.59 Å². The maximum Gasteiger partial charge on any atom is 0.342 e. The summed E-state index contributed by atoms with van der Waals surface area (Å²) >= 11 is 0. The summed E-state index contributed by atoms with van der Waals surface area (Å²) < 4.78 is 24.5. The summed E-state index contributed by atoms with van der Waals surface area (Å²) in [7, 11) is 4.41. The smallest absolute Gasteiger partial charge is 0.342 e. The predicted molar refractivity (Wildman–Crippen MR) is 194 cm³/mol. The molecule has 0 aliphatic carbocycles. The van der Waals surface area contributed by atoms with Gasteiger partial charge in [0, 0.05) is 55.5 Å². The topological polar surface area (TPSA) is 146 Å². The highest BCUT2D eigenvalue weighted by Gasteiger charge is 2.32. The number of carbonyl (C=O) groups is 3. The number of fused-ring (bicyclic) bond motifs is 2. The van der Waals surface area contributed by atoms with E-state index < -0.39 is 23.7 Å². The lowest BCUT2D eigenvalue weighted by Crippen LogP contribution is -2.28. The van der Waals surface area contributed by atoms with Crippen molar-refractivity contribution in [1.82, 2.24) is 9.88 Å². The van der Waals surface area contributed by atoms with E-state index in [9.17, 15) is 24.6 Å². The quantitative estimate of drug-likeness (QED) is 0.151. The second-order valence-corrected chi connectivity index (χ2v) is 12.7. The first kappa shape index (κ1) is 36.8. The zero-order valence-electron chi connectivity index (χ0n) is 29.6. The Morgan fingerprint density at radius 2 is 1.73 bits per heavy atom. The Bertz CT molecular complexity index is 1890. The number of rotatable bonds is 10. The van der Waals surface area contributed by atoms with Crippen LogP contribution in [0.15, 0.2) is 60.8 Å². The Balaban J connectivity index is 1.55. The zero-order chi connectivity index (χ0) is 36.5. The molecule has 2 heterocycles. The zero-order valence-corrected chi connectivity index (χ0v) is 29.6. The lowest BCUT2D eigenvalue weighted by atomic mass is 9.84. The molecule has 270 valence electrons. The third-order valence-electron chi connectivity index (χ3n) is 9.23. The minimum atomic E-state index is -0.968. The molecule has 4 aromatic rings. The van der Waals surface area contributed by atoms with E-state index in [1.54, 1.807) is 31.2 Å². The van der Waals surface area contributed by atoms with E-state index in [0.717, 1.165) is 10.9 Å². The summed E-state index contributed by atoms with van der Waals surface area (Å²) in [6.45, 7) is 2.58. The van der Waals surface area contributed by atoms with Gasteiger partial charge >= 0.3 is 5.97 Å². The maximum absolute atomic E-state index is 13.7. The van der Waals surface area contributed by atoms with Crippen molar-refractivity contribution in [3.8, 4) is 28.7 Å². The summed E-state index contributed by atoms with van der Waals surface area (Å²) in [4.78, 5) is 39.7. The number of ketones is 1. The van der Waals surface area contributed by atoms with Crippen molar-refractivity contribution < 1.29 is 43.5 Å². The second-order valence-electron chi connectivity index (χ2n) is 12.7. The van der Waals surface area contributed by atoms with Crippen LogP contribution >= 0.6 is 0 Å². The molecule has 0 bridgehead atoms. The minimum absolute atomic E-state index is 0.0284. The Kier molecular flexibility index (Phi) is 12.3. The number of hydrogen-bond donors (Lipinski definition) is 3. The molecule has 5 rings (SSSR count). The van der Waals surface area contributed by atoms with Gasteiger partial charge in [0.2, 0.25) is 11.7 Å². The summed E-state index contributed by atoms with van der Waals surface area (Å²) in [5.74, 6) is -1.81. The van der Waals surface area contributed by atoms with Crippen molar-refractivity contribution in [3.05, 3.63) is 83.1 Å². The minimum Gasteiger partial charge on any atom is -0.507 e. The molecule has 51 heavy (non-hydrogen) atoms. The van der Waals surface area contributed by atoms with Crippen LogP contribution in [0.1, 0.15) is 84.8 Å². The molecule has 2 atom stereocenters. The van der Waals surface area contributed by atoms with Crippen LogP contribution in [-0.2, 0) is 20.9 Å². The molecule has 0 spiro atoms. The van der Waals surface area contributed by atoms with Crippen molar-refractivity contribution in [3.63, 3.8) is 0 Å². The number of aromatic hydroxyl groups is 2. The van der Waals surface area contributed by atoms with Gasteiger partial charge < -0.3 is 39.0 Å². The van der Waals surface area contributed by atoms with Crippen LogP contribution in [0.4, 0.5) is 0 Å². The molecule has 0 radical (unpaired) electrons. The van der Waals surface area contributed by atoms with Gasteiger partial charge in [-0.15, -0.1) is 0 Å². The third kappa shape index (κ3) is 8.65. The molecule has 1 aromatic heterocycles. The van der Waals surface area contributed by atoms with Crippen molar-refractivity contribution in [2.75, 3.05) is 27.9 Å². The first-order valence-corrected chi connectivity index (χ1v) is 17.2. The number of ether oxygens (including phenoxy) is 4. The number of Topliss-reactive ketones (excluding diaryl/α,β-unsaturated/α-hetero) is 1. The van der Waals surface area contributed by atoms with Crippen molar-refractivity contribution in [1.29, 1.82) is 0 Å². The Hall–Kier alpha value is -5.45. The van der Waals surface area contributed by atoms with Crippen LogP contribution in [-0.4, -0.2) is 66.4 Å². The van der Waals surface area contributed by atoms with E-state index >= 15 is 0 Å². The summed E-state index contributed by atoms with van der Waals surface area (Å²) in [5, 5.41) is 27.6. The normalized spacial score (nSPS) is 16.7. The molecular formula is C40H46N2O9. The maximum atomic E-state index is 13.7. The number of nitrogens with one attached hydrogen (secondary N) is 1. The molecule has 3 aromatic carbocycles. The molecule has 0 saturated heterocycles. The molecule has 1 aliphatic heterocycles. The SMILES string of the molecule is COc1cc(C(CC(=O)NCCn2ccc3ccccc32)c2c(O)cc3c(c2O)C(=O)O[C@@H](C)CCCC(=O)CCC/C=C/3)cc(OC)c1OC. The molecule has 0 fully saturated rings.